The van der Waals surface area contributed by atoms with Crippen molar-refractivity contribution in [2.75, 3.05) is 13.2 Å². The van der Waals surface area contributed by atoms with Crippen LogP contribution in [0.25, 0.3) is 10.9 Å². The average Bonchev–Trinajstić information content (AvgIpc) is 3.24. The van der Waals surface area contributed by atoms with E-state index in [2.05, 4.69) is 11.1 Å². The summed E-state index contributed by atoms with van der Waals surface area (Å²) in [5, 5.41) is 1.85. The van der Waals surface area contributed by atoms with Gasteiger partial charge in [0, 0.05) is 53.1 Å². The second-order valence-electron chi connectivity index (χ2n) is 7.05. The lowest BCUT2D eigenvalue weighted by molar-refractivity contribution is -0.131. The maximum absolute atomic E-state index is 12.9. The number of aromatic amines is 1. The molecule has 0 fully saturated rings. The predicted octanol–water partition coefficient (Wildman–Crippen LogP) is 3.88. The zero-order valence-corrected chi connectivity index (χ0v) is 15.1. The highest BCUT2D eigenvalue weighted by Gasteiger charge is 2.24. The zero-order chi connectivity index (χ0) is 17.7. The van der Waals surface area contributed by atoms with Crippen LogP contribution in [0.3, 0.4) is 0 Å². The molecule has 0 saturated heterocycles. The normalized spacial score (nSPS) is 15.7. The summed E-state index contributed by atoms with van der Waals surface area (Å²) in [6.07, 6.45) is 2.22. The van der Waals surface area contributed by atoms with E-state index in [-0.39, 0.29) is 5.91 Å². The van der Waals surface area contributed by atoms with Crippen molar-refractivity contribution < 1.29 is 9.53 Å². The SMILES string of the molecule is O=C(Cc1ccc2c(c1)CCO2)N1CCc2[nH]c3ccc(Cl)cc3c2C1. The Labute approximate surface area is 156 Å². The molecule has 3 heterocycles. The summed E-state index contributed by atoms with van der Waals surface area (Å²) in [4.78, 5) is 18.3. The number of hydrogen-bond donors (Lipinski definition) is 1. The van der Waals surface area contributed by atoms with Gasteiger partial charge >= 0.3 is 0 Å². The standard InChI is InChI=1S/C21H19ClN2O2/c22-15-2-3-18-16(11-15)17-12-24(7-5-19(17)23-18)21(25)10-13-1-4-20-14(9-13)6-8-26-20/h1-4,9,11,23H,5-8,10,12H2. The Morgan fingerprint density at radius 1 is 1.19 bits per heavy atom. The summed E-state index contributed by atoms with van der Waals surface area (Å²) in [5.74, 6) is 1.13. The highest BCUT2D eigenvalue weighted by molar-refractivity contribution is 6.31. The van der Waals surface area contributed by atoms with E-state index in [4.69, 9.17) is 16.3 Å². The minimum atomic E-state index is 0.172. The number of halogens is 1. The van der Waals surface area contributed by atoms with Crippen LogP contribution in [-0.4, -0.2) is 28.9 Å². The first-order chi connectivity index (χ1) is 12.7. The molecule has 2 aliphatic heterocycles. The minimum Gasteiger partial charge on any atom is -0.493 e. The summed E-state index contributed by atoms with van der Waals surface area (Å²) in [6, 6.07) is 12.0. The van der Waals surface area contributed by atoms with Crippen molar-refractivity contribution in [2.45, 2.75) is 25.8 Å². The Kier molecular flexibility index (Phi) is 3.68. The van der Waals surface area contributed by atoms with Crippen LogP contribution in [0.15, 0.2) is 36.4 Å². The van der Waals surface area contributed by atoms with Gasteiger partial charge in [-0.1, -0.05) is 23.7 Å². The monoisotopic (exact) mass is 366 g/mol. The van der Waals surface area contributed by atoms with Crippen LogP contribution in [0.5, 0.6) is 5.75 Å². The number of carbonyl (C=O) groups excluding carboxylic acids is 1. The van der Waals surface area contributed by atoms with Gasteiger partial charge in [-0.3, -0.25) is 4.79 Å². The third-order valence-electron chi connectivity index (χ3n) is 5.40. The van der Waals surface area contributed by atoms with Crippen molar-refractivity contribution in [3.05, 3.63) is 63.8 Å². The van der Waals surface area contributed by atoms with Gasteiger partial charge < -0.3 is 14.6 Å². The number of rotatable bonds is 2. The number of aromatic nitrogens is 1. The van der Waals surface area contributed by atoms with E-state index >= 15 is 0 Å². The van der Waals surface area contributed by atoms with Gasteiger partial charge in [0.2, 0.25) is 5.91 Å². The van der Waals surface area contributed by atoms with Crippen LogP contribution in [-0.2, 0) is 30.6 Å². The lowest BCUT2D eigenvalue weighted by Gasteiger charge is -2.27. The largest absolute Gasteiger partial charge is 0.493 e. The molecule has 0 bridgehead atoms. The Bertz CT molecular complexity index is 1020. The third-order valence-corrected chi connectivity index (χ3v) is 5.63. The molecule has 1 amide bonds. The number of nitrogens with zero attached hydrogens (tertiary/aromatic N) is 1. The number of ether oxygens (including phenoxy) is 1. The summed E-state index contributed by atoms with van der Waals surface area (Å²) >= 11 is 6.17. The zero-order valence-electron chi connectivity index (χ0n) is 14.3. The van der Waals surface area contributed by atoms with E-state index in [9.17, 15) is 4.79 Å². The topological polar surface area (TPSA) is 45.3 Å². The fraction of sp³-hybridized carbons (Fsp3) is 0.286. The summed E-state index contributed by atoms with van der Waals surface area (Å²) < 4.78 is 5.55. The fourth-order valence-electron chi connectivity index (χ4n) is 4.04. The molecule has 0 atom stereocenters. The quantitative estimate of drug-likeness (QED) is 0.748. The summed E-state index contributed by atoms with van der Waals surface area (Å²) in [7, 11) is 0. The number of nitrogens with one attached hydrogen (secondary N) is 1. The van der Waals surface area contributed by atoms with Gasteiger partial charge in [-0.05, 0) is 35.4 Å². The van der Waals surface area contributed by atoms with Crippen LogP contribution in [0.2, 0.25) is 5.02 Å². The molecule has 2 aliphatic rings. The van der Waals surface area contributed by atoms with Crippen LogP contribution in [0, 0.1) is 0 Å². The Hall–Kier alpha value is -2.46. The second kappa shape index (κ2) is 6.06. The molecule has 5 rings (SSSR count). The maximum atomic E-state index is 12.9. The first kappa shape index (κ1) is 15.8. The number of amides is 1. The molecular formula is C21H19ClN2O2. The number of hydrogen-bond acceptors (Lipinski definition) is 2. The molecule has 5 heteroatoms. The van der Waals surface area contributed by atoms with Gasteiger partial charge in [0.05, 0.1) is 13.0 Å². The van der Waals surface area contributed by atoms with Crippen molar-refractivity contribution >= 4 is 28.4 Å². The fourth-order valence-corrected chi connectivity index (χ4v) is 4.21. The summed E-state index contributed by atoms with van der Waals surface area (Å²) in [5.41, 5.74) is 5.78. The van der Waals surface area contributed by atoms with Crippen molar-refractivity contribution in [1.29, 1.82) is 0 Å². The van der Waals surface area contributed by atoms with Crippen LogP contribution >= 0.6 is 11.6 Å². The molecule has 0 unspecified atom stereocenters. The molecule has 3 aromatic rings. The van der Waals surface area contributed by atoms with Crippen molar-refractivity contribution in [3.63, 3.8) is 0 Å². The molecule has 2 aromatic carbocycles. The van der Waals surface area contributed by atoms with E-state index < -0.39 is 0 Å². The van der Waals surface area contributed by atoms with Gasteiger partial charge in [0.15, 0.2) is 0 Å². The third kappa shape index (κ3) is 2.65. The molecule has 0 radical (unpaired) electrons. The van der Waals surface area contributed by atoms with Crippen LogP contribution in [0.4, 0.5) is 0 Å². The van der Waals surface area contributed by atoms with Crippen LogP contribution < -0.4 is 4.74 Å². The van der Waals surface area contributed by atoms with E-state index in [1.54, 1.807) is 0 Å². The first-order valence-corrected chi connectivity index (χ1v) is 9.36. The highest BCUT2D eigenvalue weighted by atomic mass is 35.5. The molecule has 0 saturated carbocycles. The highest BCUT2D eigenvalue weighted by Crippen LogP contribution is 2.30. The molecule has 0 aliphatic carbocycles. The molecule has 1 aromatic heterocycles. The van der Waals surface area contributed by atoms with Gasteiger partial charge in [0.1, 0.15) is 5.75 Å². The molecule has 0 spiro atoms. The lowest BCUT2D eigenvalue weighted by atomic mass is 10.0. The molecule has 26 heavy (non-hydrogen) atoms. The van der Waals surface area contributed by atoms with E-state index in [1.165, 1.54) is 16.8 Å². The Morgan fingerprint density at radius 2 is 2.12 bits per heavy atom. The van der Waals surface area contributed by atoms with Gasteiger partial charge in [-0.2, -0.15) is 0 Å². The smallest absolute Gasteiger partial charge is 0.227 e. The minimum absolute atomic E-state index is 0.172. The number of H-pyrrole nitrogens is 1. The van der Waals surface area contributed by atoms with Crippen LogP contribution in [0.1, 0.15) is 22.4 Å². The first-order valence-electron chi connectivity index (χ1n) is 8.99. The Morgan fingerprint density at radius 3 is 3.04 bits per heavy atom. The van der Waals surface area contributed by atoms with Gasteiger partial charge in [-0.25, -0.2) is 0 Å². The van der Waals surface area contributed by atoms with Crippen molar-refractivity contribution in [1.82, 2.24) is 9.88 Å². The maximum Gasteiger partial charge on any atom is 0.227 e. The number of benzene rings is 2. The number of carbonyl (C=O) groups is 1. The van der Waals surface area contributed by atoms with Gasteiger partial charge in [-0.15, -0.1) is 0 Å². The molecular weight excluding hydrogens is 348 g/mol. The van der Waals surface area contributed by atoms with Crippen molar-refractivity contribution in [3.8, 4) is 5.75 Å². The molecule has 132 valence electrons. The van der Waals surface area contributed by atoms with Gasteiger partial charge in [0.25, 0.3) is 0 Å². The number of fused-ring (bicyclic) bond motifs is 4. The van der Waals surface area contributed by atoms with E-state index in [1.807, 2.05) is 35.2 Å². The molecule has 1 N–H and O–H groups in total. The lowest BCUT2D eigenvalue weighted by Crippen LogP contribution is -2.36. The van der Waals surface area contributed by atoms with E-state index in [0.29, 0.717) is 13.0 Å². The van der Waals surface area contributed by atoms with E-state index in [0.717, 1.165) is 53.2 Å². The average molecular weight is 367 g/mol. The summed E-state index contributed by atoms with van der Waals surface area (Å²) in [6.45, 7) is 2.13. The predicted molar refractivity (Wildman–Crippen MR) is 102 cm³/mol. The van der Waals surface area contributed by atoms with Crippen molar-refractivity contribution in [2.24, 2.45) is 0 Å². The Balaban J connectivity index is 1.37. The second-order valence-corrected chi connectivity index (χ2v) is 7.49. The molecule has 4 nitrogen and oxygen atoms in total.